The molecule has 0 N–H and O–H groups in total. The Kier molecular flexibility index (Phi) is 54.9. The molecule has 0 fully saturated rings. The number of rotatable bonds is 53. The zero-order valence-corrected chi connectivity index (χ0v) is 44.2. The number of ether oxygens (including phenoxy) is 3. The second-order valence-corrected chi connectivity index (χ2v) is 19.2. The average Bonchev–Trinajstić information content (AvgIpc) is 3.32. The van der Waals surface area contributed by atoms with Gasteiger partial charge in [0, 0.05) is 19.4 Å². The Morgan fingerprint density at radius 1 is 0.333 bits per heavy atom. The van der Waals surface area contributed by atoms with Crippen molar-refractivity contribution < 1.29 is 23.8 Å². The number of hydrogen-bond acceptors (Lipinski definition) is 5. The molecule has 0 aliphatic rings. The van der Waals surface area contributed by atoms with Crippen molar-refractivity contribution in [2.75, 3.05) is 19.8 Å². The Hall–Kier alpha value is -2.40. The minimum atomic E-state index is -0.542. The highest BCUT2D eigenvalue weighted by Gasteiger charge is 2.17. The summed E-state index contributed by atoms with van der Waals surface area (Å²) in [5.74, 6) is -0.402. The van der Waals surface area contributed by atoms with Gasteiger partial charge < -0.3 is 14.2 Å². The van der Waals surface area contributed by atoms with Crippen LogP contribution < -0.4 is 0 Å². The average molecular weight is 924 g/mol. The van der Waals surface area contributed by atoms with Crippen molar-refractivity contribution in [1.82, 2.24) is 0 Å². The Bertz CT molecular complexity index is 1130. The molecule has 0 bridgehead atoms. The molecule has 5 heteroatoms. The van der Waals surface area contributed by atoms with Crippen molar-refractivity contribution in [3.05, 3.63) is 60.8 Å². The first-order valence-electron chi connectivity index (χ1n) is 28.8. The summed E-state index contributed by atoms with van der Waals surface area (Å²) in [7, 11) is 0. The van der Waals surface area contributed by atoms with Gasteiger partial charge >= 0.3 is 11.9 Å². The maximum atomic E-state index is 12.8. The number of esters is 2. The number of carbonyl (C=O) groups excluding carboxylic acids is 2. The zero-order valence-electron chi connectivity index (χ0n) is 44.2. The molecule has 0 aliphatic heterocycles. The highest BCUT2D eigenvalue weighted by molar-refractivity contribution is 5.70. The molecule has 66 heavy (non-hydrogen) atoms. The molecule has 1 atom stereocenters. The lowest BCUT2D eigenvalue weighted by molar-refractivity contribution is -0.163. The van der Waals surface area contributed by atoms with Crippen LogP contribution >= 0.6 is 0 Å². The molecule has 1 unspecified atom stereocenters. The van der Waals surface area contributed by atoms with Gasteiger partial charge in [0.15, 0.2) is 6.10 Å². The summed E-state index contributed by atoms with van der Waals surface area (Å²) >= 11 is 0. The zero-order chi connectivity index (χ0) is 47.7. The van der Waals surface area contributed by atoms with Crippen LogP contribution in [0.15, 0.2) is 60.8 Å². The van der Waals surface area contributed by atoms with Crippen LogP contribution in [0, 0.1) is 0 Å². The van der Waals surface area contributed by atoms with Crippen LogP contribution in [-0.2, 0) is 23.8 Å². The van der Waals surface area contributed by atoms with E-state index in [1.54, 1.807) is 0 Å². The van der Waals surface area contributed by atoms with Gasteiger partial charge in [-0.15, -0.1) is 0 Å². The molecular weight excluding hydrogens is 813 g/mol. The minimum Gasteiger partial charge on any atom is -0.462 e. The van der Waals surface area contributed by atoms with E-state index in [2.05, 4.69) is 81.5 Å². The maximum Gasteiger partial charge on any atom is 0.306 e. The molecule has 5 nitrogen and oxygen atoms in total. The molecule has 0 spiro atoms. The Balaban J connectivity index is 4.22. The second kappa shape index (κ2) is 56.9. The summed E-state index contributed by atoms with van der Waals surface area (Å²) in [5, 5.41) is 0. The number of carbonyl (C=O) groups is 2. The van der Waals surface area contributed by atoms with Gasteiger partial charge in [0.1, 0.15) is 6.61 Å². The summed E-state index contributed by atoms with van der Waals surface area (Å²) in [4.78, 5) is 25.5. The highest BCUT2D eigenvalue weighted by atomic mass is 16.6. The predicted octanol–water partition coefficient (Wildman–Crippen LogP) is 19.7. The molecule has 0 aromatic carbocycles. The SMILES string of the molecule is CCCCC/C=C\C/C=C\C/C=C\CCCCCCCCC(=O)OCC(COCCCCCCCCCCCC/C=C\C/C=C\CCCCC)OC(=O)CCCCCCCCCCCCC. The van der Waals surface area contributed by atoms with E-state index in [1.165, 1.54) is 186 Å². The molecule has 0 rings (SSSR count). The van der Waals surface area contributed by atoms with E-state index in [-0.39, 0.29) is 25.2 Å². The molecule has 0 amide bonds. The van der Waals surface area contributed by atoms with Gasteiger partial charge in [-0.05, 0) is 89.9 Å². The first-order valence-corrected chi connectivity index (χ1v) is 28.8. The summed E-state index contributed by atoms with van der Waals surface area (Å²) in [5.41, 5.74) is 0. The lowest BCUT2D eigenvalue weighted by atomic mass is 10.1. The summed E-state index contributed by atoms with van der Waals surface area (Å²) in [6.45, 7) is 7.79. The minimum absolute atomic E-state index is 0.0792. The molecule has 384 valence electrons. The van der Waals surface area contributed by atoms with Gasteiger partial charge in [0.05, 0.1) is 6.61 Å². The third kappa shape index (κ3) is 54.2. The van der Waals surface area contributed by atoms with Gasteiger partial charge in [-0.1, -0.05) is 248 Å². The van der Waals surface area contributed by atoms with Gasteiger partial charge in [-0.25, -0.2) is 0 Å². The molecule has 0 radical (unpaired) electrons. The van der Waals surface area contributed by atoms with Crippen LogP contribution in [-0.4, -0.2) is 37.9 Å². The van der Waals surface area contributed by atoms with Crippen LogP contribution in [0.4, 0.5) is 0 Å². The third-order valence-corrected chi connectivity index (χ3v) is 12.5. The van der Waals surface area contributed by atoms with Gasteiger partial charge in [-0.2, -0.15) is 0 Å². The van der Waals surface area contributed by atoms with Crippen molar-refractivity contribution >= 4 is 11.9 Å². The largest absolute Gasteiger partial charge is 0.462 e. The van der Waals surface area contributed by atoms with E-state index < -0.39 is 6.10 Å². The molecule has 0 aromatic rings. The van der Waals surface area contributed by atoms with Gasteiger partial charge in [0.25, 0.3) is 0 Å². The van der Waals surface area contributed by atoms with E-state index in [1.807, 2.05) is 0 Å². The van der Waals surface area contributed by atoms with Gasteiger partial charge in [0.2, 0.25) is 0 Å². The standard InChI is InChI=1S/C61H110O5/c1-4-7-10-13-16-19-22-24-26-28-30-32-34-36-38-41-44-47-50-53-56-64-57-59(66-61(63)55-52-49-46-43-39-21-18-15-12-9-6-3)58-65-60(62)54-51-48-45-42-40-37-35-33-31-29-27-25-23-20-17-14-11-8-5-2/h16-17,19-20,24-27,31,33,59H,4-15,18,21-23,28-30,32,34-58H2,1-3H3/b19-16-,20-17-,26-24-,27-25-,33-31-. The molecule has 0 heterocycles. The Labute approximate surface area is 411 Å². The maximum absolute atomic E-state index is 12.8. The lowest BCUT2D eigenvalue weighted by Crippen LogP contribution is -2.30. The fraction of sp³-hybridized carbons (Fsp3) is 0.803. The number of allylic oxidation sites excluding steroid dienone is 10. The molecular formula is C61H110O5. The quantitative estimate of drug-likeness (QED) is 0.0346. The van der Waals surface area contributed by atoms with Crippen LogP contribution in [0.5, 0.6) is 0 Å². The van der Waals surface area contributed by atoms with Crippen molar-refractivity contribution in [3.8, 4) is 0 Å². The normalized spacial score (nSPS) is 12.6. The number of unbranched alkanes of at least 4 members (excludes halogenated alkanes) is 32. The van der Waals surface area contributed by atoms with E-state index in [4.69, 9.17) is 14.2 Å². The fourth-order valence-corrected chi connectivity index (χ4v) is 8.20. The predicted molar refractivity (Wildman–Crippen MR) is 288 cm³/mol. The second-order valence-electron chi connectivity index (χ2n) is 19.2. The van der Waals surface area contributed by atoms with Crippen LogP contribution in [0.2, 0.25) is 0 Å². The van der Waals surface area contributed by atoms with E-state index in [0.29, 0.717) is 19.4 Å². The van der Waals surface area contributed by atoms with Crippen molar-refractivity contribution in [2.24, 2.45) is 0 Å². The van der Waals surface area contributed by atoms with Crippen LogP contribution in [0.1, 0.15) is 290 Å². The van der Waals surface area contributed by atoms with E-state index >= 15 is 0 Å². The fourth-order valence-electron chi connectivity index (χ4n) is 8.20. The Morgan fingerprint density at radius 2 is 0.636 bits per heavy atom. The monoisotopic (exact) mass is 923 g/mol. The lowest BCUT2D eigenvalue weighted by Gasteiger charge is -2.18. The van der Waals surface area contributed by atoms with E-state index in [9.17, 15) is 9.59 Å². The number of hydrogen-bond donors (Lipinski definition) is 0. The Morgan fingerprint density at radius 3 is 1.05 bits per heavy atom. The first-order chi connectivity index (χ1) is 32.6. The summed E-state index contributed by atoms with van der Waals surface area (Å²) < 4.78 is 17.5. The van der Waals surface area contributed by atoms with E-state index in [0.717, 1.165) is 70.6 Å². The summed E-state index contributed by atoms with van der Waals surface area (Å²) in [6.07, 6.45) is 72.4. The molecule has 0 aromatic heterocycles. The molecule has 0 saturated carbocycles. The van der Waals surface area contributed by atoms with Crippen LogP contribution in [0.3, 0.4) is 0 Å². The van der Waals surface area contributed by atoms with Crippen molar-refractivity contribution in [1.29, 1.82) is 0 Å². The third-order valence-electron chi connectivity index (χ3n) is 12.5. The first kappa shape index (κ1) is 63.6. The molecule has 0 saturated heterocycles. The summed E-state index contributed by atoms with van der Waals surface area (Å²) in [6, 6.07) is 0. The van der Waals surface area contributed by atoms with Crippen molar-refractivity contribution in [2.45, 2.75) is 297 Å². The highest BCUT2D eigenvalue weighted by Crippen LogP contribution is 2.15. The topological polar surface area (TPSA) is 61.8 Å². The van der Waals surface area contributed by atoms with Crippen molar-refractivity contribution in [3.63, 3.8) is 0 Å². The van der Waals surface area contributed by atoms with Gasteiger partial charge in [-0.3, -0.25) is 9.59 Å². The molecule has 0 aliphatic carbocycles. The van der Waals surface area contributed by atoms with Crippen LogP contribution in [0.25, 0.3) is 0 Å². The smallest absolute Gasteiger partial charge is 0.306 e.